The summed E-state index contributed by atoms with van der Waals surface area (Å²) < 4.78 is 56.1. The van der Waals surface area contributed by atoms with Gasteiger partial charge in [-0.1, -0.05) is 48.5 Å². The van der Waals surface area contributed by atoms with Gasteiger partial charge in [0.1, 0.15) is 35.2 Å². The second kappa shape index (κ2) is 22.5. The first-order valence-electron chi connectivity index (χ1n) is 26.0. The number of piperazine rings is 1. The van der Waals surface area contributed by atoms with Gasteiger partial charge in [-0.3, -0.25) is 33.8 Å². The number of carbonyl (C=O) groups is 5. The molecule has 0 aromatic heterocycles. The number of ether oxygens (including phenoxy) is 2. The van der Waals surface area contributed by atoms with Gasteiger partial charge in [0.25, 0.3) is 5.91 Å². The van der Waals surface area contributed by atoms with Crippen LogP contribution in [-0.2, 0) is 51.8 Å². The average Bonchev–Trinajstić information content (AvgIpc) is 3.91. The molecule has 19 heteroatoms. The molecule has 5 heterocycles. The second-order valence-electron chi connectivity index (χ2n) is 21.1. The van der Waals surface area contributed by atoms with Gasteiger partial charge in [-0.2, -0.15) is 0 Å². The monoisotopic (exact) mass is 1040 g/mol. The van der Waals surface area contributed by atoms with Crippen LogP contribution >= 0.6 is 0 Å². The van der Waals surface area contributed by atoms with Crippen LogP contribution in [-0.4, -0.2) is 141 Å². The highest BCUT2D eigenvalue weighted by Gasteiger charge is 2.55. The Balaban J connectivity index is 1.15. The average molecular weight is 1040 g/mol. The highest BCUT2D eigenvalue weighted by molar-refractivity contribution is 6.05. The summed E-state index contributed by atoms with van der Waals surface area (Å²) in [6.45, 7) is 11.9. The van der Waals surface area contributed by atoms with E-state index >= 15 is 18.4 Å². The van der Waals surface area contributed by atoms with Crippen LogP contribution in [0.15, 0.2) is 78.9 Å². The summed E-state index contributed by atoms with van der Waals surface area (Å²) in [7, 11) is 1.62. The van der Waals surface area contributed by atoms with Gasteiger partial charge in [0.05, 0.1) is 37.3 Å². The molecule has 75 heavy (non-hydrogen) atoms. The molecular weight excluding hydrogens is 968 g/mol. The van der Waals surface area contributed by atoms with Crippen molar-refractivity contribution in [3.05, 3.63) is 130 Å². The first-order valence-corrected chi connectivity index (χ1v) is 26.0. The third kappa shape index (κ3) is 10.9. The Hall–Kier alpha value is -6.22. The molecule has 6 N–H and O–H groups in total. The van der Waals surface area contributed by atoms with E-state index in [-0.39, 0.29) is 48.9 Å². The molecule has 16 nitrogen and oxygen atoms in total. The molecule has 0 aliphatic carbocycles. The number of morpholine rings is 1. The number of benzene rings is 4. The summed E-state index contributed by atoms with van der Waals surface area (Å²) in [4.78, 5) is 81.2. The van der Waals surface area contributed by atoms with Crippen molar-refractivity contribution < 1.29 is 46.6 Å². The molecule has 0 spiro atoms. The summed E-state index contributed by atoms with van der Waals surface area (Å²) in [5, 5.41) is 11.9. The highest BCUT2D eigenvalue weighted by atomic mass is 19.1. The Morgan fingerprint density at radius 3 is 2.31 bits per heavy atom. The van der Waals surface area contributed by atoms with Gasteiger partial charge in [0.2, 0.25) is 23.6 Å². The number of likely N-dealkylation sites (N-methyl/N-ethyl adjacent to an activating group) is 1. The number of hydrogen-bond donors (Lipinski definition) is 5. The molecule has 3 saturated heterocycles. The van der Waals surface area contributed by atoms with Crippen LogP contribution in [0.4, 0.5) is 24.5 Å². The van der Waals surface area contributed by atoms with Crippen LogP contribution in [0.2, 0.25) is 0 Å². The van der Waals surface area contributed by atoms with Crippen molar-refractivity contribution in [1.29, 1.82) is 0 Å². The van der Waals surface area contributed by atoms with Crippen molar-refractivity contribution in [3.63, 3.8) is 0 Å². The number of nitrogens with one attached hydrogen (secondary N) is 4. The first kappa shape index (κ1) is 53.6. The lowest BCUT2D eigenvalue weighted by atomic mass is 9.74. The number of amides is 5. The zero-order valence-corrected chi connectivity index (χ0v) is 43.2. The number of para-hydroxylation sites is 1. The molecular formula is C56H68F3N9O7. The zero-order chi connectivity index (χ0) is 53.3. The predicted molar refractivity (Wildman–Crippen MR) is 276 cm³/mol. The van der Waals surface area contributed by atoms with E-state index in [9.17, 15) is 18.8 Å². The molecule has 4 aromatic rings. The molecule has 3 fully saturated rings. The molecule has 0 radical (unpaired) electrons. The fraction of sp³-hybridized carbons (Fsp3) is 0.482. The van der Waals surface area contributed by atoms with E-state index in [2.05, 4.69) is 44.9 Å². The lowest BCUT2D eigenvalue weighted by Gasteiger charge is -2.44. The lowest BCUT2D eigenvalue weighted by molar-refractivity contribution is -0.144. The molecule has 0 saturated carbocycles. The number of hydrogen-bond acceptors (Lipinski definition) is 11. The van der Waals surface area contributed by atoms with Crippen LogP contribution in [0, 0.1) is 23.4 Å². The number of anilines is 2. The van der Waals surface area contributed by atoms with Crippen molar-refractivity contribution in [1.82, 2.24) is 30.7 Å². The third-order valence-electron chi connectivity index (χ3n) is 16.1. The first-order chi connectivity index (χ1) is 36.0. The van der Waals surface area contributed by atoms with E-state index in [0.29, 0.717) is 93.3 Å². The number of primary amides is 1. The Labute approximate surface area is 435 Å². The summed E-state index contributed by atoms with van der Waals surface area (Å²) in [6, 6.07) is 15.9. The number of rotatable bonds is 15. The largest absolute Gasteiger partial charge is 0.381 e. The lowest BCUT2D eigenvalue weighted by Crippen LogP contribution is -2.62. The smallest absolute Gasteiger partial charge is 0.252 e. The molecule has 5 amide bonds. The van der Waals surface area contributed by atoms with Crippen molar-refractivity contribution in [2.75, 3.05) is 76.4 Å². The summed E-state index contributed by atoms with van der Waals surface area (Å²) in [5.74, 6) is -5.80. The van der Waals surface area contributed by atoms with Crippen LogP contribution in [0.5, 0.6) is 0 Å². The summed E-state index contributed by atoms with van der Waals surface area (Å²) in [6.07, 6.45) is 1.26. The van der Waals surface area contributed by atoms with Gasteiger partial charge >= 0.3 is 0 Å². The Bertz CT molecular complexity index is 2780. The molecule has 0 bridgehead atoms. The van der Waals surface area contributed by atoms with Crippen LogP contribution < -0.4 is 31.9 Å². The molecule has 9 rings (SSSR count). The van der Waals surface area contributed by atoms with E-state index < -0.39 is 70.5 Å². The van der Waals surface area contributed by atoms with Gasteiger partial charge in [-0.05, 0) is 124 Å². The van der Waals surface area contributed by atoms with Crippen LogP contribution in [0.25, 0.3) is 0 Å². The van der Waals surface area contributed by atoms with Crippen molar-refractivity contribution in [3.8, 4) is 0 Å². The normalized spacial score (nSPS) is 25.0. The van der Waals surface area contributed by atoms with Crippen molar-refractivity contribution >= 4 is 40.9 Å². The topological polar surface area (TPSA) is 191 Å². The van der Waals surface area contributed by atoms with Crippen molar-refractivity contribution in [2.45, 2.75) is 101 Å². The summed E-state index contributed by atoms with van der Waals surface area (Å²) >= 11 is 0. The number of nitrogens with zero attached hydrogens (tertiary/aromatic N) is 4. The van der Waals surface area contributed by atoms with Crippen molar-refractivity contribution in [2.24, 2.45) is 11.7 Å². The minimum Gasteiger partial charge on any atom is -0.381 e. The molecule has 4 aromatic carbocycles. The van der Waals surface area contributed by atoms with Gasteiger partial charge in [-0.15, -0.1) is 0 Å². The summed E-state index contributed by atoms with van der Waals surface area (Å²) in [5.41, 5.74) is 8.02. The molecule has 8 atom stereocenters. The molecule has 400 valence electrons. The van der Waals surface area contributed by atoms with Gasteiger partial charge in [-0.25, -0.2) is 13.2 Å². The number of fused-ring (bicyclic) bond motifs is 2. The Morgan fingerprint density at radius 2 is 1.61 bits per heavy atom. The second-order valence-corrected chi connectivity index (χ2v) is 21.1. The van der Waals surface area contributed by atoms with Crippen LogP contribution in [0.3, 0.4) is 0 Å². The Morgan fingerprint density at radius 1 is 0.893 bits per heavy atom. The van der Waals surface area contributed by atoms with E-state index in [1.807, 2.05) is 12.1 Å². The highest BCUT2D eigenvalue weighted by Crippen LogP contribution is 2.54. The molecule has 5 aliphatic heterocycles. The molecule has 2 unspecified atom stereocenters. The minimum atomic E-state index is -1.57. The third-order valence-corrected chi connectivity index (χ3v) is 16.1. The molecule has 5 aliphatic rings. The standard InChI is InChI=1S/C56H68F3N9O7/c1-32-27-66(41(26-62-32)29-65-19-22-75-31-33(65)2)30-47(69)68-46-24-36(23-35-9-14-40(57)15-10-35)11-16-43(46)56(4,55(60)73)51(68)38-12-13-39-28-67(50(42(39)25-38)53(71)64-49-44(58)7-6-8-45(49)59)54(72)48(37-17-20-74-21-18-37)63-52(70)34(3)61-5/h6-16,24-25,32-34,37,41,48,50-51,61-62H,17-23,26-31H2,1-5H3,(H2,60,73)(H,63,70)(H,64,71)/t32-,33-,34+,41-,48+,50+,51?,56?/m1/s1. The maximum atomic E-state index is 15.7. The maximum Gasteiger partial charge on any atom is 0.252 e. The van der Waals surface area contributed by atoms with Crippen LogP contribution in [0.1, 0.15) is 86.0 Å². The van der Waals surface area contributed by atoms with Gasteiger partial charge in [0, 0.05) is 69.8 Å². The van der Waals surface area contributed by atoms with E-state index in [1.165, 1.54) is 23.1 Å². The predicted octanol–water partition coefficient (Wildman–Crippen LogP) is 4.45. The number of halogens is 3. The fourth-order valence-electron chi connectivity index (χ4n) is 11.6. The fourth-order valence-corrected chi connectivity index (χ4v) is 11.6. The zero-order valence-electron chi connectivity index (χ0n) is 43.2. The number of carbonyl (C=O) groups excluding carboxylic acids is 5. The van der Waals surface area contributed by atoms with E-state index in [0.717, 1.165) is 29.8 Å². The van der Waals surface area contributed by atoms with Gasteiger partial charge < -0.3 is 46.3 Å². The SMILES string of the molecule is CN[C@@H](C)C(=O)N[C@H](C(=O)N1Cc2ccc(C3N(C(=O)CN4C[C@@H](C)NC[C@@H]4CN4CCOC[C@H]4C)c4cc(Cc5ccc(F)cc5)ccc4C3(C)C(N)=O)cc2[C@H]1C(=O)Nc1c(F)cccc1F)C1CCOCC1. The Kier molecular flexibility index (Phi) is 16.1. The minimum absolute atomic E-state index is 0.0275. The maximum absolute atomic E-state index is 15.7. The number of nitrogens with two attached hydrogens (primary N) is 1. The van der Waals surface area contributed by atoms with E-state index in [1.54, 1.807) is 62.2 Å². The van der Waals surface area contributed by atoms with E-state index in [4.69, 9.17) is 15.2 Å². The quantitative estimate of drug-likeness (QED) is 0.113. The van der Waals surface area contributed by atoms with Gasteiger partial charge in [0.15, 0.2) is 0 Å².